The van der Waals surface area contributed by atoms with Crippen LogP contribution >= 0.6 is 11.6 Å². The molecule has 2 aliphatic rings. The summed E-state index contributed by atoms with van der Waals surface area (Å²) in [4.78, 5) is 23.4. The Balaban J connectivity index is 1.48. The van der Waals surface area contributed by atoms with E-state index in [1.807, 2.05) is 42.3 Å². The second kappa shape index (κ2) is 10.3. The van der Waals surface area contributed by atoms with E-state index in [0.29, 0.717) is 13.0 Å². The van der Waals surface area contributed by atoms with Crippen LogP contribution in [0.5, 0.6) is 5.75 Å². The van der Waals surface area contributed by atoms with Crippen LogP contribution in [0.2, 0.25) is 5.02 Å². The molecule has 2 fully saturated rings. The first-order valence-electron chi connectivity index (χ1n) is 11.6. The molecule has 1 unspecified atom stereocenters. The molecule has 1 atom stereocenters. The Morgan fingerprint density at radius 2 is 2.00 bits per heavy atom. The lowest BCUT2D eigenvalue weighted by Gasteiger charge is -2.43. The molecule has 2 aliphatic heterocycles. The van der Waals surface area contributed by atoms with Crippen molar-refractivity contribution in [2.24, 2.45) is 5.41 Å². The maximum atomic E-state index is 13.3. The van der Waals surface area contributed by atoms with Crippen molar-refractivity contribution in [3.05, 3.63) is 52.8 Å². The van der Waals surface area contributed by atoms with Crippen molar-refractivity contribution < 1.29 is 9.53 Å². The number of benzene rings is 1. The van der Waals surface area contributed by atoms with Gasteiger partial charge in [0.2, 0.25) is 5.91 Å². The van der Waals surface area contributed by atoms with E-state index in [1.165, 1.54) is 5.69 Å². The smallest absolute Gasteiger partial charge is 0.223 e. The van der Waals surface area contributed by atoms with Gasteiger partial charge in [0.15, 0.2) is 0 Å². The lowest BCUT2D eigenvalue weighted by Crippen LogP contribution is -2.52. The number of rotatable bonds is 7. The van der Waals surface area contributed by atoms with Crippen molar-refractivity contribution in [2.75, 3.05) is 52.9 Å². The lowest BCUT2D eigenvalue weighted by molar-refractivity contribution is -0.137. The number of nitrogens with zero attached hydrogens (tertiary/aromatic N) is 3. The van der Waals surface area contributed by atoms with Gasteiger partial charge in [-0.3, -0.25) is 9.69 Å². The van der Waals surface area contributed by atoms with Crippen LogP contribution in [0.15, 0.2) is 36.5 Å². The molecule has 0 aliphatic carbocycles. The maximum Gasteiger partial charge on any atom is 0.223 e. The molecular weight excluding hydrogens is 424 g/mol. The predicted octanol–water partition coefficient (Wildman–Crippen LogP) is 3.80. The summed E-state index contributed by atoms with van der Waals surface area (Å²) in [6.45, 7) is 8.81. The van der Waals surface area contributed by atoms with Crippen LogP contribution in [-0.2, 0) is 11.3 Å². The van der Waals surface area contributed by atoms with E-state index in [0.717, 1.165) is 75.0 Å². The average Bonchev–Trinajstić information content (AvgIpc) is 3.28. The fourth-order valence-electron chi connectivity index (χ4n) is 4.90. The Labute approximate surface area is 196 Å². The van der Waals surface area contributed by atoms with Gasteiger partial charge in [0.1, 0.15) is 5.75 Å². The number of hydrogen-bond donors (Lipinski definition) is 1. The van der Waals surface area contributed by atoms with Gasteiger partial charge < -0.3 is 19.5 Å². The van der Waals surface area contributed by atoms with E-state index in [1.54, 1.807) is 0 Å². The first-order valence-corrected chi connectivity index (χ1v) is 12.0. The van der Waals surface area contributed by atoms with E-state index in [-0.39, 0.29) is 11.3 Å². The molecule has 1 aromatic carbocycles. The quantitative estimate of drug-likeness (QED) is 0.685. The minimum atomic E-state index is -0.196. The number of hydrogen-bond acceptors (Lipinski definition) is 4. The predicted molar refractivity (Wildman–Crippen MR) is 128 cm³/mol. The van der Waals surface area contributed by atoms with Crippen molar-refractivity contribution in [1.29, 1.82) is 0 Å². The Morgan fingerprint density at radius 3 is 2.72 bits per heavy atom. The fraction of sp³-hybridized carbons (Fsp3) is 0.560. The molecule has 2 aromatic rings. The Bertz CT molecular complexity index is 895. The number of likely N-dealkylation sites (tertiary alicyclic amines) is 1. The number of ether oxygens (including phenoxy) is 1. The third kappa shape index (κ3) is 5.85. The number of carbonyl (C=O) groups is 1. The van der Waals surface area contributed by atoms with Crippen molar-refractivity contribution in [1.82, 2.24) is 19.7 Å². The minimum absolute atomic E-state index is 0.196. The normalized spacial score (nSPS) is 22.8. The summed E-state index contributed by atoms with van der Waals surface area (Å²) in [7, 11) is 2.12. The highest BCUT2D eigenvalue weighted by Gasteiger charge is 2.40. The lowest BCUT2D eigenvalue weighted by atomic mass is 9.77. The van der Waals surface area contributed by atoms with Crippen LogP contribution < -0.4 is 4.74 Å². The topological polar surface area (TPSA) is 51.8 Å². The van der Waals surface area contributed by atoms with Gasteiger partial charge in [-0.2, -0.15) is 0 Å². The average molecular weight is 459 g/mol. The SMILES string of the molecule is Cc1cc(OCC2(CC(=O)N3CCN(C)CC3)CCCN(Cc3ccc[nH]3)C2)ccc1Cl. The summed E-state index contributed by atoms with van der Waals surface area (Å²) >= 11 is 6.19. The van der Waals surface area contributed by atoms with Crippen molar-refractivity contribution in [3.8, 4) is 5.75 Å². The van der Waals surface area contributed by atoms with Gasteiger partial charge in [0.25, 0.3) is 0 Å². The molecule has 0 saturated carbocycles. The second-order valence-electron chi connectivity index (χ2n) is 9.57. The molecule has 0 radical (unpaired) electrons. The summed E-state index contributed by atoms with van der Waals surface area (Å²) in [5.41, 5.74) is 2.02. The van der Waals surface area contributed by atoms with Gasteiger partial charge in [-0.25, -0.2) is 0 Å². The maximum absolute atomic E-state index is 13.3. The number of aromatic amines is 1. The highest BCUT2D eigenvalue weighted by atomic mass is 35.5. The monoisotopic (exact) mass is 458 g/mol. The molecule has 7 heteroatoms. The van der Waals surface area contributed by atoms with Gasteiger partial charge in [-0.1, -0.05) is 11.6 Å². The first-order chi connectivity index (χ1) is 15.4. The van der Waals surface area contributed by atoms with Gasteiger partial charge in [-0.15, -0.1) is 0 Å². The first kappa shape index (κ1) is 23.1. The number of likely N-dealkylation sites (N-methyl/N-ethyl adjacent to an activating group) is 1. The number of amides is 1. The molecule has 1 N–H and O–H groups in total. The molecule has 3 heterocycles. The van der Waals surface area contributed by atoms with Gasteiger partial charge >= 0.3 is 0 Å². The largest absolute Gasteiger partial charge is 0.493 e. The fourth-order valence-corrected chi connectivity index (χ4v) is 5.01. The third-order valence-electron chi connectivity index (χ3n) is 6.85. The Morgan fingerprint density at radius 1 is 1.19 bits per heavy atom. The van der Waals surface area contributed by atoms with E-state index in [4.69, 9.17) is 16.3 Å². The van der Waals surface area contributed by atoms with Crippen molar-refractivity contribution in [2.45, 2.75) is 32.7 Å². The molecule has 0 bridgehead atoms. The zero-order valence-electron chi connectivity index (χ0n) is 19.3. The number of aryl methyl sites for hydroxylation is 1. The number of halogens is 1. The number of H-pyrrole nitrogens is 1. The number of piperazine rings is 1. The number of piperidine rings is 1. The summed E-state index contributed by atoms with van der Waals surface area (Å²) in [6, 6.07) is 9.95. The molecule has 4 rings (SSSR count). The van der Waals surface area contributed by atoms with Crippen molar-refractivity contribution in [3.63, 3.8) is 0 Å². The number of aromatic nitrogens is 1. The molecule has 1 aromatic heterocycles. The summed E-state index contributed by atoms with van der Waals surface area (Å²) in [5, 5.41) is 0.743. The van der Waals surface area contributed by atoms with E-state index in [9.17, 15) is 4.79 Å². The van der Waals surface area contributed by atoms with Gasteiger partial charge in [0.05, 0.1) is 6.61 Å². The van der Waals surface area contributed by atoms with Gasteiger partial charge in [0, 0.05) is 68.0 Å². The van der Waals surface area contributed by atoms with E-state index < -0.39 is 0 Å². The van der Waals surface area contributed by atoms with E-state index >= 15 is 0 Å². The second-order valence-corrected chi connectivity index (χ2v) is 9.98. The van der Waals surface area contributed by atoms with Crippen LogP contribution in [0.4, 0.5) is 0 Å². The highest BCUT2D eigenvalue weighted by Crippen LogP contribution is 2.36. The molecule has 32 heavy (non-hydrogen) atoms. The van der Waals surface area contributed by atoms with Crippen LogP contribution in [0, 0.1) is 12.3 Å². The van der Waals surface area contributed by atoms with Crippen LogP contribution in [0.3, 0.4) is 0 Å². The van der Waals surface area contributed by atoms with Crippen LogP contribution in [0.25, 0.3) is 0 Å². The van der Waals surface area contributed by atoms with E-state index in [2.05, 4.69) is 27.9 Å². The number of nitrogens with one attached hydrogen (secondary N) is 1. The molecular formula is C25H35ClN4O2. The van der Waals surface area contributed by atoms with Crippen LogP contribution in [-0.4, -0.2) is 78.5 Å². The minimum Gasteiger partial charge on any atom is -0.493 e. The zero-order chi connectivity index (χ0) is 22.6. The van der Waals surface area contributed by atoms with Gasteiger partial charge in [-0.05, 0) is 69.3 Å². The summed E-state index contributed by atoms with van der Waals surface area (Å²) in [5.74, 6) is 1.08. The summed E-state index contributed by atoms with van der Waals surface area (Å²) < 4.78 is 6.30. The third-order valence-corrected chi connectivity index (χ3v) is 7.28. The number of carbonyl (C=O) groups excluding carboxylic acids is 1. The highest BCUT2D eigenvalue weighted by molar-refractivity contribution is 6.31. The summed E-state index contributed by atoms with van der Waals surface area (Å²) in [6.07, 6.45) is 4.57. The Hall–Kier alpha value is -2.02. The van der Waals surface area contributed by atoms with Crippen molar-refractivity contribution >= 4 is 17.5 Å². The molecule has 1 amide bonds. The Kier molecular flexibility index (Phi) is 7.44. The molecule has 0 spiro atoms. The molecule has 2 saturated heterocycles. The molecule has 6 nitrogen and oxygen atoms in total. The molecule has 174 valence electrons. The van der Waals surface area contributed by atoms with Crippen LogP contribution in [0.1, 0.15) is 30.5 Å². The zero-order valence-corrected chi connectivity index (χ0v) is 20.0. The standard InChI is InChI=1S/C25H35ClN4O2/c1-20-15-22(6-7-23(20)26)32-19-25(16-24(31)30-13-11-28(2)12-14-30)8-4-10-29(18-25)17-21-5-3-9-27-21/h3,5-7,9,15,27H,4,8,10-14,16-19H2,1-2H3.